The van der Waals surface area contributed by atoms with Crippen molar-refractivity contribution >= 4 is 25.1 Å². The van der Waals surface area contributed by atoms with E-state index in [2.05, 4.69) is 0 Å². The smallest absolute Gasteiger partial charge is 0.153 e. The fourth-order valence-corrected chi connectivity index (χ4v) is 5.96. The van der Waals surface area contributed by atoms with Crippen LogP contribution in [0.5, 0.6) is 23.0 Å². The highest BCUT2D eigenvalue weighted by molar-refractivity contribution is 5.83. The molecule has 4 aromatic rings. The maximum absolute atomic E-state index is 12.1. The molecule has 44 heavy (non-hydrogen) atoms. The fraction of sp³-hybridized carbons (Fsp3) is 0.222. The van der Waals surface area contributed by atoms with Gasteiger partial charge in [-0.15, -0.1) is 0 Å². The van der Waals surface area contributed by atoms with Gasteiger partial charge in [0, 0.05) is 0 Å². The molecule has 0 atom stereocenters. The largest absolute Gasteiger partial charge is 0.496 e. The van der Waals surface area contributed by atoms with Crippen LogP contribution in [0.1, 0.15) is 85.9 Å². The van der Waals surface area contributed by atoms with E-state index in [1.807, 2.05) is 48.5 Å². The summed E-state index contributed by atoms with van der Waals surface area (Å²) in [4.78, 5) is 48.2. The van der Waals surface area contributed by atoms with E-state index >= 15 is 0 Å². The van der Waals surface area contributed by atoms with Gasteiger partial charge in [0.2, 0.25) is 0 Å². The quantitative estimate of drug-likeness (QED) is 0.213. The van der Waals surface area contributed by atoms with Crippen LogP contribution in [0.4, 0.5) is 0 Å². The summed E-state index contributed by atoms with van der Waals surface area (Å²) >= 11 is 0. The first-order valence-electron chi connectivity index (χ1n) is 14.0. The summed E-state index contributed by atoms with van der Waals surface area (Å²) in [5.41, 5.74) is 8.83. The van der Waals surface area contributed by atoms with Crippen LogP contribution in [0.3, 0.4) is 0 Å². The highest BCUT2D eigenvalue weighted by atomic mass is 16.5. The van der Waals surface area contributed by atoms with E-state index in [-0.39, 0.29) is 0 Å². The number of carbonyl (C=O) groups excluding carboxylic acids is 4. The molecule has 0 fully saturated rings. The summed E-state index contributed by atoms with van der Waals surface area (Å²) in [5.74, 6) is 1.77. The van der Waals surface area contributed by atoms with Crippen molar-refractivity contribution in [3.63, 3.8) is 0 Å². The minimum Gasteiger partial charge on any atom is -0.496 e. The number of hydrogen-bond donors (Lipinski definition) is 0. The molecule has 8 nitrogen and oxygen atoms in total. The van der Waals surface area contributed by atoms with Crippen molar-refractivity contribution < 1.29 is 38.1 Å². The number of hydrogen-bond acceptors (Lipinski definition) is 8. The molecule has 0 radical (unpaired) electrons. The van der Waals surface area contributed by atoms with Crippen LogP contribution < -0.4 is 18.9 Å². The Morgan fingerprint density at radius 3 is 0.705 bits per heavy atom. The molecule has 4 aromatic carbocycles. The Bertz CT molecular complexity index is 1520. The van der Waals surface area contributed by atoms with E-state index in [0.29, 0.717) is 70.9 Å². The van der Waals surface area contributed by atoms with Crippen LogP contribution in [0.2, 0.25) is 0 Å². The molecule has 0 N–H and O–H groups in total. The number of carbonyl (C=O) groups is 4. The monoisotopic (exact) mass is 592 g/mol. The Morgan fingerprint density at radius 1 is 0.364 bits per heavy atom. The van der Waals surface area contributed by atoms with Gasteiger partial charge in [0.15, 0.2) is 25.1 Å². The van der Waals surface area contributed by atoms with Crippen LogP contribution >= 0.6 is 0 Å². The van der Waals surface area contributed by atoms with Crippen molar-refractivity contribution in [2.75, 3.05) is 28.4 Å². The van der Waals surface area contributed by atoms with Gasteiger partial charge in [0.1, 0.15) is 23.0 Å². The molecule has 224 valence electrons. The van der Waals surface area contributed by atoms with Gasteiger partial charge < -0.3 is 18.9 Å². The third kappa shape index (κ3) is 5.71. The third-order valence-electron chi connectivity index (χ3n) is 8.24. The summed E-state index contributed by atoms with van der Waals surface area (Å²) in [6, 6.07) is 14.8. The molecule has 0 saturated carbocycles. The first-order chi connectivity index (χ1) is 21.4. The molecule has 0 spiro atoms. The molecule has 5 rings (SSSR count). The zero-order valence-corrected chi connectivity index (χ0v) is 25.0. The summed E-state index contributed by atoms with van der Waals surface area (Å²) in [7, 11) is 6.07. The van der Waals surface area contributed by atoms with E-state index in [0.717, 1.165) is 69.7 Å². The molecule has 8 heteroatoms. The highest BCUT2D eigenvalue weighted by Crippen LogP contribution is 2.36. The van der Waals surface area contributed by atoms with Crippen molar-refractivity contribution in [3.05, 3.63) is 115 Å². The number of fused-ring (bicyclic) bond motifs is 4. The van der Waals surface area contributed by atoms with Crippen molar-refractivity contribution in [1.82, 2.24) is 0 Å². The summed E-state index contributed by atoms with van der Waals surface area (Å²) < 4.78 is 22.3. The molecule has 0 heterocycles. The Kier molecular flexibility index (Phi) is 8.90. The van der Waals surface area contributed by atoms with Gasteiger partial charge in [-0.25, -0.2) is 0 Å². The van der Waals surface area contributed by atoms with E-state index < -0.39 is 0 Å². The Labute approximate surface area is 255 Å². The van der Waals surface area contributed by atoms with Gasteiger partial charge in [0.05, 0.1) is 50.7 Å². The fourth-order valence-electron chi connectivity index (χ4n) is 5.96. The zero-order valence-electron chi connectivity index (χ0n) is 25.0. The zero-order chi connectivity index (χ0) is 31.4. The number of rotatable bonds is 8. The van der Waals surface area contributed by atoms with Crippen LogP contribution in [0.25, 0.3) is 0 Å². The molecule has 0 aromatic heterocycles. The molecular weight excluding hydrogens is 560 g/mol. The van der Waals surface area contributed by atoms with Crippen LogP contribution in [0.15, 0.2) is 48.5 Å². The second-order valence-electron chi connectivity index (χ2n) is 10.6. The number of ether oxygens (including phenoxy) is 4. The van der Waals surface area contributed by atoms with Crippen LogP contribution in [-0.4, -0.2) is 53.6 Å². The highest BCUT2D eigenvalue weighted by Gasteiger charge is 2.22. The second kappa shape index (κ2) is 13.0. The average molecular weight is 593 g/mol. The van der Waals surface area contributed by atoms with Gasteiger partial charge in [-0.3, -0.25) is 19.2 Å². The van der Waals surface area contributed by atoms with Crippen molar-refractivity contribution in [3.8, 4) is 23.0 Å². The van der Waals surface area contributed by atoms with Crippen LogP contribution in [0, 0.1) is 0 Å². The SMILES string of the molecule is COc1cc2c(cc1C=O)Cc1cc(OC)c(C=O)cc1Cc1cc(OC)c(C=O)cc1Cc1cc(OC)c(C=O)cc1C2. The molecule has 1 aliphatic carbocycles. The molecule has 0 saturated heterocycles. The average Bonchev–Trinajstić information content (AvgIpc) is 3.05. The Morgan fingerprint density at radius 2 is 0.545 bits per heavy atom. The maximum atomic E-state index is 12.1. The minimum absolute atomic E-state index is 0.413. The predicted octanol–water partition coefficient (Wildman–Crippen LogP) is 5.65. The lowest BCUT2D eigenvalue weighted by Crippen LogP contribution is -2.10. The van der Waals surface area contributed by atoms with Crippen molar-refractivity contribution in [1.29, 1.82) is 0 Å². The van der Waals surface area contributed by atoms with Gasteiger partial charge in [-0.05, 0) is 119 Å². The van der Waals surface area contributed by atoms with Gasteiger partial charge in [0.25, 0.3) is 0 Å². The lowest BCUT2D eigenvalue weighted by Gasteiger charge is -2.22. The second-order valence-corrected chi connectivity index (χ2v) is 10.6. The predicted molar refractivity (Wildman–Crippen MR) is 165 cm³/mol. The standard InChI is InChI=1S/C36H32O8/c1-41-33-13-25-5-22-10-30(18-38)35(43-3)15-27(22)7-24-12-32(20-40)36(44-4)16-28(24)8-23-11-31(19-39)34(42-2)14-26(23)6-21(25)9-29(33)17-37/h9-20H,5-8H2,1-4H3. The van der Waals surface area contributed by atoms with E-state index in [1.54, 1.807) is 0 Å². The molecule has 0 unspecified atom stereocenters. The van der Waals surface area contributed by atoms with Gasteiger partial charge >= 0.3 is 0 Å². The van der Waals surface area contributed by atoms with Gasteiger partial charge in [-0.1, -0.05) is 0 Å². The number of aldehydes is 4. The molecule has 0 aliphatic heterocycles. The summed E-state index contributed by atoms with van der Waals surface area (Å²) in [6.07, 6.45) is 4.77. The Balaban J connectivity index is 1.85. The Hall–Kier alpha value is -5.24. The normalized spacial score (nSPS) is 12.1. The van der Waals surface area contributed by atoms with Crippen molar-refractivity contribution in [2.24, 2.45) is 0 Å². The molecule has 1 aliphatic rings. The van der Waals surface area contributed by atoms with Crippen LogP contribution in [-0.2, 0) is 25.7 Å². The lowest BCUT2D eigenvalue weighted by atomic mass is 9.84. The molecular formula is C36H32O8. The van der Waals surface area contributed by atoms with Gasteiger partial charge in [-0.2, -0.15) is 0 Å². The first-order valence-corrected chi connectivity index (χ1v) is 14.0. The number of benzene rings is 4. The third-order valence-corrected chi connectivity index (χ3v) is 8.24. The topological polar surface area (TPSA) is 105 Å². The van der Waals surface area contributed by atoms with E-state index in [1.165, 1.54) is 28.4 Å². The number of methoxy groups -OCH3 is 4. The molecule has 0 bridgehead atoms. The van der Waals surface area contributed by atoms with E-state index in [9.17, 15) is 19.2 Å². The first kappa shape index (κ1) is 30.2. The summed E-state index contributed by atoms with van der Waals surface area (Å²) in [6.45, 7) is 0. The molecule has 0 amide bonds. The summed E-state index contributed by atoms with van der Waals surface area (Å²) in [5, 5.41) is 0. The lowest BCUT2D eigenvalue weighted by molar-refractivity contribution is 0.111. The van der Waals surface area contributed by atoms with Crippen molar-refractivity contribution in [2.45, 2.75) is 25.7 Å². The minimum atomic E-state index is 0.413. The van der Waals surface area contributed by atoms with E-state index in [4.69, 9.17) is 18.9 Å². The maximum Gasteiger partial charge on any atom is 0.153 e.